The van der Waals surface area contributed by atoms with E-state index >= 15 is 0 Å². The normalized spacial score (nSPS) is 22.8. The summed E-state index contributed by atoms with van der Waals surface area (Å²) in [4.78, 5) is 13.9. The fourth-order valence-electron chi connectivity index (χ4n) is 2.57. The summed E-state index contributed by atoms with van der Waals surface area (Å²) in [5, 5.41) is 1.02. The van der Waals surface area contributed by atoms with Gasteiger partial charge in [0.05, 0.1) is 0 Å². The van der Waals surface area contributed by atoms with Crippen molar-refractivity contribution >= 4 is 21.8 Å². The van der Waals surface area contributed by atoms with Crippen LogP contribution in [0.15, 0.2) is 0 Å². The molecule has 0 aromatic heterocycles. The topological polar surface area (TPSA) is 20.3 Å². The molecule has 2 nitrogen and oxygen atoms in total. The van der Waals surface area contributed by atoms with E-state index in [4.69, 9.17) is 0 Å². The zero-order valence-corrected chi connectivity index (χ0v) is 12.1. The summed E-state index contributed by atoms with van der Waals surface area (Å²) >= 11 is 3.55. The van der Waals surface area contributed by atoms with Gasteiger partial charge in [0.15, 0.2) is 0 Å². The van der Waals surface area contributed by atoms with E-state index in [1.54, 1.807) is 0 Å². The fraction of sp³-hybridized carbons (Fsp3) is 0.923. The lowest BCUT2D eigenvalue weighted by Gasteiger charge is -2.22. The Morgan fingerprint density at radius 2 is 2.19 bits per heavy atom. The Morgan fingerprint density at radius 3 is 2.75 bits per heavy atom. The second-order valence-corrected chi connectivity index (χ2v) is 5.61. The molecule has 1 aliphatic heterocycles. The summed E-state index contributed by atoms with van der Waals surface area (Å²) in [6.45, 7) is 6.37. The van der Waals surface area contributed by atoms with Crippen LogP contribution in [0.4, 0.5) is 0 Å². The first-order valence-electron chi connectivity index (χ1n) is 6.54. The van der Waals surface area contributed by atoms with Gasteiger partial charge in [-0.1, -0.05) is 42.6 Å². The molecule has 16 heavy (non-hydrogen) atoms. The van der Waals surface area contributed by atoms with Crippen molar-refractivity contribution in [2.45, 2.75) is 46.0 Å². The van der Waals surface area contributed by atoms with Gasteiger partial charge in [0.1, 0.15) is 0 Å². The molecule has 2 atom stereocenters. The summed E-state index contributed by atoms with van der Waals surface area (Å²) < 4.78 is 0. The third-order valence-corrected chi connectivity index (χ3v) is 4.30. The maximum absolute atomic E-state index is 11.8. The Morgan fingerprint density at radius 1 is 1.44 bits per heavy atom. The van der Waals surface area contributed by atoms with Crippen molar-refractivity contribution < 1.29 is 4.79 Å². The molecule has 0 aromatic rings. The number of hydrogen-bond acceptors (Lipinski definition) is 1. The van der Waals surface area contributed by atoms with Gasteiger partial charge in [0.25, 0.3) is 0 Å². The second kappa shape index (κ2) is 7.31. The molecule has 1 rings (SSSR count). The molecule has 0 saturated carbocycles. The smallest absolute Gasteiger partial charge is 0.222 e. The van der Waals surface area contributed by atoms with Crippen LogP contribution >= 0.6 is 15.9 Å². The van der Waals surface area contributed by atoms with Gasteiger partial charge in [-0.15, -0.1) is 0 Å². The molecule has 0 aliphatic carbocycles. The van der Waals surface area contributed by atoms with E-state index in [0.29, 0.717) is 17.7 Å². The number of hydrogen-bond donors (Lipinski definition) is 0. The molecule has 1 fully saturated rings. The summed E-state index contributed by atoms with van der Waals surface area (Å²) in [7, 11) is 0. The van der Waals surface area contributed by atoms with Gasteiger partial charge in [-0.05, 0) is 24.7 Å². The number of halogens is 1. The van der Waals surface area contributed by atoms with Gasteiger partial charge >= 0.3 is 0 Å². The number of nitrogens with zero attached hydrogens (tertiary/aromatic N) is 1. The largest absolute Gasteiger partial charge is 0.342 e. The number of carbonyl (C=O) groups is 1. The van der Waals surface area contributed by atoms with Crippen LogP contribution in [-0.2, 0) is 4.79 Å². The molecule has 0 N–H and O–H groups in total. The highest BCUT2D eigenvalue weighted by atomic mass is 79.9. The van der Waals surface area contributed by atoms with Gasteiger partial charge in [-0.25, -0.2) is 0 Å². The Hall–Kier alpha value is -0.0500. The molecular formula is C13H24BrNO. The van der Waals surface area contributed by atoms with E-state index in [1.165, 1.54) is 25.7 Å². The maximum atomic E-state index is 11.8. The SMILES string of the molecule is CCCC(CBr)CN1CC(CCC)CC1=O. The third kappa shape index (κ3) is 4.08. The molecule has 1 aliphatic rings. The Kier molecular flexibility index (Phi) is 6.40. The Labute approximate surface area is 108 Å². The van der Waals surface area contributed by atoms with Crippen LogP contribution in [0.1, 0.15) is 46.0 Å². The van der Waals surface area contributed by atoms with Crippen LogP contribution in [-0.4, -0.2) is 29.2 Å². The molecule has 1 amide bonds. The summed E-state index contributed by atoms with van der Waals surface area (Å²) in [5.41, 5.74) is 0. The highest BCUT2D eigenvalue weighted by Gasteiger charge is 2.29. The van der Waals surface area contributed by atoms with Crippen molar-refractivity contribution in [1.82, 2.24) is 4.90 Å². The van der Waals surface area contributed by atoms with Crippen molar-refractivity contribution in [3.8, 4) is 0 Å². The van der Waals surface area contributed by atoms with Crippen LogP contribution in [0.3, 0.4) is 0 Å². The third-order valence-electron chi connectivity index (χ3n) is 3.39. The molecule has 0 radical (unpaired) electrons. The summed E-state index contributed by atoms with van der Waals surface area (Å²) in [6.07, 6.45) is 5.61. The molecule has 1 saturated heterocycles. The van der Waals surface area contributed by atoms with E-state index in [-0.39, 0.29) is 0 Å². The predicted octanol–water partition coefficient (Wildman–Crippen LogP) is 3.45. The minimum absolute atomic E-state index is 0.375. The first-order valence-corrected chi connectivity index (χ1v) is 7.67. The highest BCUT2D eigenvalue weighted by Crippen LogP contribution is 2.24. The average molecular weight is 290 g/mol. The van der Waals surface area contributed by atoms with E-state index < -0.39 is 0 Å². The summed E-state index contributed by atoms with van der Waals surface area (Å²) in [6, 6.07) is 0. The van der Waals surface area contributed by atoms with E-state index in [9.17, 15) is 4.79 Å². The molecule has 1 heterocycles. The number of rotatable bonds is 7. The Balaban J connectivity index is 2.39. The van der Waals surface area contributed by atoms with Gasteiger partial charge in [-0.2, -0.15) is 0 Å². The minimum atomic E-state index is 0.375. The quantitative estimate of drug-likeness (QED) is 0.658. The first-order chi connectivity index (χ1) is 7.71. The van der Waals surface area contributed by atoms with Gasteiger partial charge < -0.3 is 4.90 Å². The molecule has 0 aromatic carbocycles. The first kappa shape index (κ1) is 14.0. The van der Waals surface area contributed by atoms with Crippen LogP contribution < -0.4 is 0 Å². The molecule has 2 unspecified atom stereocenters. The van der Waals surface area contributed by atoms with Crippen molar-refractivity contribution in [1.29, 1.82) is 0 Å². The number of carbonyl (C=O) groups excluding carboxylic acids is 1. The average Bonchev–Trinajstić information content (AvgIpc) is 2.59. The molecular weight excluding hydrogens is 266 g/mol. The molecule has 3 heteroatoms. The van der Waals surface area contributed by atoms with Crippen LogP contribution in [0, 0.1) is 11.8 Å². The Bertz CT molecular complexity index is 220. The lowest BCUT2D eigenvalue weighted by atomic mass is 10.0. The number of likely N-dealkylation sites (tertiary alicyclic amines) is 1. The zero-order chi connectivity index (χ0) is 12.0. The van der Waals surface area contributed by atoms with Gasteiger partial charge in [0.2, 0.25) is 5.91 Å². The fourth-order valence-corrected chi connectivity index (χ4v) is 3.10. The van der Waals surface area contributed by atoms with E-state index in [0.717, 1.165) is 24.8 Å². The van der Waals surface area contributed by atoms with Crippen molar-refractivity contribution in [2.24, 2.45) is 11.8 Å². The monoisotopic (exact) mass is 289 g/mol. The van der Waals surface area contributed by atoms with Gasteiger partial charge in [0, 0.05) is 24.8 Å². The molecule has 0 spiro atoms. The number of alkyl halides is 1. The lowest BCUT2D eigenvalue weighted by Crippen LogP contribution is -2.31. The minimum Gasteiger partial charge on any atom is -0.342 e. The van der Waals surface area contributed by atoms with Crippen molar-refractivity contribution in [3.05, 3.63) is 0 Å². The van der Waals surface area contributed by atoms with E-state index in [1.807, 2.05) is 0 Å². The van der Waals surface area contributed by atoms with Crippen molar-refractivity contribution in [2.75, 3.05) is 18.4 Å². The van der Waals surface area contributed by atoms with Crippen molar-refractivity contribution in [3.63, 3.8) is 0 Å². The van der Waals surface area contributed by atoms with Crippen LogP contribution in [0.5, 0.6) is 0 Å². The second-order valence-electron chi connectivity index (χ2n) is 4.97. The lowest BCUT2D eigenvalue weighted by molar-refractivity contribution is -0.128. The molecule has 94 valence electrons. The van der Waals surface area contributed by atoms with Gasteiger partial charge in [-0.3, -0.25) is 4.79 Å². The summed E-state index contributed by atoms with van der Waals surface area (Å²) in [5.74, 6) is 1.63. The maximum Gasteiger partial charge on any atom is 0.222 e. The van der Waals surface area contributed by atoms with Crippen LogP contribution in [0.25, 0.3) is 0 Å². The highest BCUT2D eigenvalue weighted by molar-refractivity contribution is 9.09. The van der Waals surface area contributed by atoms with Crippen LogP contribution in [0.2, 0.25) is 0 Å². The zero-order valence-electron chi connectivity index (χ0n) is 10.5. The number of amides is 1. The van der Waals surface area contributed by atoms with E-state index in [2.05, 4.69) is 34.7 Å². The standard InChI is InChI=1S/C13H24BrNO/c1-3-5-11-7-13(16)15(9-11)10-12(8-14)6-4-2/h11-12H,3-10H2,1-2H3. The molecule has 0 bridgehead atoms. The predicted molar refractivity (Wildman–Crippen MR) is 71.8 cm³/mol.